The third kappa shape index (κ3) is 9.84. The van der Waals surface area contributed by atoms with Crippen LogP contribution in [0.1, 0.15) is 38.8 Å². The maximum atomic E-state index is 12.2. The van der Waals surface area contributed by atoms with Gasteiger partial charge in [-0.3, -0.25) is 4.79 Å². The fourth-order valence-electron chi connectivity index (χ4n) is 2.87. The van der Waals surface area contributed by atoms with Gasteiger partial charge < -0.3 is 25.4 Å². The first kappa shape index (κ1) is 27.7. The average Bonchev–Trinajstić information content (AvgIpc) is 3.03. The van der Waals surface area contributed by atoms with Crippen LogP contribution >= 0.6 is 24.0 Å². The molecule has 0 unspecified atom stereocenters. The SMILES string of the molecule is Cc1nnc(CN=C(NCCCN(C)c2ccccc2)NCC(=O)NC(C)(C)C)n1C.I. The van der Waals surface area contributed by atoms with Crippen LogP contribution in [0.2, 0.25) is 0 Å². The Kier molecular flexibility index (Phi) is 11.4. The molecule has 0 bridgehead atoms. The van der Waals surface area contributed by atoms with Crippen LogP contribution in [-0.4, -0.2) is 58.9 Å². The lowest BCUT2D eigenvalue weighted by atomic mass is 10.1. The molecule has 32 heavy (non-hydrogen) atoms. The van der Waals surface area contributed by atoms with Gasteiger partial charge in [-0.2, -0.15) is 0 Å². The van der Waals surface area contributed by atoms with Gasteiger partial charge in [0.05, 0.1) is 6.54 Å². The van der Waals surface area contributed by atoms with Gasteiger partial charge in [-0.15, -0.1) is 34.2 Å². The number of amides is 1. The zero-order valence-corrected chi connectivity index (χ0v) is 22.3. The minimum atomic E-state index is -0.276. The summed E-state index contributed by atoms with van der Waals surface area (Å²) >= 11 is 0. The number of para-hydroxylation sites is 1. The van der Waals surface area contributed by atoms with Gasteiger partial charge in [0.2, 0.25) is 5.91 Å². The van der Waals surface area contributed by atoms with Gasteiger partial charge in [0.15, 0.2) is 11.8 Å². The zero-order chi connectivity index (χ0) is 22.9. The molecule has 10 heteroatoms. The van der Waals surface area contributed by atoms with E-state index in [0.717, 1.165) is 31.2 Å². The standard InChI is InChI=1S/C22H36N8O.HI/c1-17-27-28-19(30(17)6)15-24-21(25-16-20(31)26-22(2,3)4)23-13-10-14-29(5)18-11-8-7-9-12-18;/h7-9,11-12H,10,13-16H2,1-6H3,(H,26,31)(H2,23,24,25);1H. The smallest absolute Gasteiger partial charge is 0.239 e. The van der Waals surface area contributed by atoms with Crippen LogP contribution in [0.3, 0.4) is 0 Å². The summed E-state index contributed by atoms with van der Waals surface area (Å²) < 4.78 is 1.91. The Hall–Kier alpha value is -2.37. The van der Waals surface area contributed by atoms with Crippen molar-refractivity contribution in [1.82, 2.24) is 30.7 Å². The van der Waals surface area contributed by atoms with E-state index in [1.807, 2.05) is 57.5 Å². The van der Waals surface area contributed by atoms with Crippen LogP contribution in [0.5, 0.6) is 0 Å². The Bertz CT molecular complexity index is 861. The number of aryl methyl sites for hydroxylation is 1. The summed E-state index contributed by atoms with van der Waals surface area (Å²) in [5.41, 5.74) is 0.910. The first-order valence-corrected chi connectivity index (χ1v) is 10.6. The molecule has 0 saturated heterocycles. The molecule has 0 radical (unpaired) electrons. The van der Waals surface area contributed by atoms with Gasteiger partial charge >= 0.3 is 0 Å². The van der Waals surface area contributed by atoms with Crippen molar-refractivity contribution >= 4 is 41.5 Å². The van der Waals surface area contributed by atoms with Gasteiger partial charge in [-0.1, -0.05) is 18.2 Å². The summed E-state index contributed by atoms with van der Waals surface area (Å²) in [4.78, 5) is 19.0. The maximum Gasteiger partial charge on any atom is 0.239 e. The second-order valence-corrected chi connectivity index (χ2v) is 8.58. The van der Waals surface area contributed by atoms with E-state index in [-0.39, 0.29) is 42.0 Å². The maximum absolute atomic E-state index is 12.2. The van der Waals surface area contributed by atoms with E-state index in [2.05, 4.69) is 55.2 Å². The Balaban J connectivity index is 0.00000512. The monoisotopic (exact) mass is 556 g/mol. The van der Waals surface area contributed by atoms with Gasteiger partial charge in [-0.25, -0.2) is 4.99 Å². The molecule has 2 rings (SSSR count). The summed E-state index contributed by atoms with van der Waals surface area (Å²) in [5, 5.41) is 17.6. The number of anilines is 1. The molecule has 9 nitrogen and oxygen atoms in total. The number of carbonyl (C=O) groups excluding carboxylic acids is 1. The largest absolute Gasteiger partial charge is 0.375 e. The molecule has 1 aromatic carbocycles. The summed E-state index contributed by atoms with van der Waals surface area (Å²) in [7, 11) is 3.99. The topological polar surface area (TPSA) is 99.5 Å². The number of nitrogens with one attached hydrogen (secondary N) is 3. The van der Waals surface area contributed by atoms with E-state index in [1.54, 1.807) is 0 Å². The number of guanidine groups is 1. The molecular weight excluding hydrogens is 519 g/mol. The third-order valence-corrected chi connectivity index (χ3v) is 4.65. The number of hydrogen-bond donors (Lipinski definition) is 3. The lowest BCUT2D eigenvalue weighted by Gasteiger charge is -2.21. The Morgan fingerprint density at radius 2 is 1.84 bits per heavy atom. The number of halogens is 1. The average molecular weight is 556 g/mol. The van der Waals surface area contributed by atoms with Crippen LogP contribution < -0.4 is 20.9 Å². The number of aliphatic imine (C=N–C) groups is 1. The van der Waals surface area contributed by atoms with Crippen molar-refractivity contribution in [3.8, 4) is 0 Å². The van der Waals surface area contributed by atoms with E-state index < -0.39 is 0 Å². The number of hydrogen-bond acceptors (Lipinski definition) is 5. The molecule has 0 spiro atoms. The minimum Gasteiger partial charge on any atom is -0.375 e. The van der Waals surface area contributed by atoms with Crippen molar-refractivity contribution < 1.29 is 4.79 Å². The van der Waals surface area contributed by atoms with Crippen LogP contribution in [0.25, 0.3) is 0 Å². The van der Waals surface area contributed by atoms with E-state index in [9.17, 15) is 4.79 Å². The molecule has 2 aromatic rings. The molecule has 0 aliphatic carbocycles. The Morgan fingerprint density at radius 3 is 2.44 bits per heavy atom. The fraction of sp³-hybridized carbons (Fsp3) is 0.545. The highest BCUT2D eigenvalue weighted by Crippen LogP contribution is 2.10. The van der Waals surface area contributed by atoms with Crippen LogP contribution in [0, 0.1) is 6.92 Å². The van der Waals surface area contributed by atoms with Crippen molar-refractivity contribution in [2.24, 2.45) is 12.0 Å². The van der Waals surface area contributed by atoms with Crippen LogP contribution in [-0.2, 0) is 18.4 Å². The van der Waals surface area contributed by atoms with Crippen molar-refractivity contribution in [2.45, 2.75) is 46.2 Å². The van der Waals surface area contributed by atoms with Crippen molar-refractivity contribution in [2.75, 3.05) is 31.6 Å². The summed E-state index contributed by atoms with van der Waals surface area (Å²) in [6.07, 6.45) is 0.920. The van der Waals surface area contributed by atoms with Crippen molar-refractivity contribution in [3.63, 3.8) is 0 Å². The molecule has 1 aromatic heterocycles. The highest BCUT2D eigenvalue weighted by atomic mass is 127. The number of rotatable bonds is 9. The first-order valence-electron chi connectivity index (χ1n) is 10.6. The molecule has 1 heterocycles. The van der Waals surface area contributed by atoms with E-state index in [1.165, 1.54) is 5.69 Å². The molecule has 1 amide bonds. The van der Waals surface area contributed by atoms with Gasteiger partial charge in [0.25, 0.3) is 0 Å². The van der Waals surface area contributed by atoms with Crippen LogP contribution in [0.15, 0.2) is 35.3 Å². The summed E-state index contributed by atoms with van der Waals surface area (Å²) in [6.45, 7) is 9.91. The molecule has 178 valence electrons. The van der Waals surface area contributed by atoms with Crippen molar-refractivity contribution in [1.29, 1.82) is 0 Å². The third-order valence-electron chi connectivity index (χ3n) is 4.65. The number of aromatic nitrogens is 3. The number of benzene rings is 1. The summed E-state index contributed by atoms with van der Waals surface area (Å²) in [5.74, 6) is 2.09. The summed E-state index contributed by atoms with van der Waals surface area (Å²) in [6, 6.07) is 10.3. The van der Waals surface area contributed by atoms with Crippen molar-refractivity contribution in [3.05, 3.63) is 42.0 Å². The molecule has 0 fully saturated rings. The quantitative estimate of drug-likeness (QED) is 0.190. The Morgan fingerprint density at radius 1 is 1.16 bits per heavy atom. The Labute approximate surface area is 208 Å². The highest BCUT2D eigenvalue weighted by Gasteiger charge is 2.14. The lowest BCUT2D eigenvalue weighted by molar-refractivity contribution is -0.121. The van der Waals surface area contributed by atoms with E-state index >= 15 is 0 Å². The van der Waals surface area contributed by atoms with E-state index in [4.69, 9.17) is 0 Å². The second-order valence-electron chi connectivity index (χ2n) is 8.58. The normalized spacial score (nSPS) is 11.5. The fourth-order valence-corrected chi connectivity index (χ4v) is 2.87. The number of nitrogens with zero attached hydrogens (tertiary/aromatic N) is 5. The second kappa shape index (κ2) is 13.2. The first-order chi connectivity index (χ1) is 14.7. The molecule has 0 atom stereocenters. The predicted molar refractivity (Wildman–Crippen MR) is 141 cm³/mol. The number of carbonyl (C=O) groups is 1. The van der Waals surface area contributed by atoms with Gasteiger partial charge in [-0.05, 0) is 46.2 Å². The van der Waals surface area contributed by atoms with Gasteiger partial charge in [0.1, 0.15) is 12.4 Å². The van der Waals surface area contributed by atoms with Crippen LogP contribution in [0.4, 0.5) is 5.69 Å². The van der Waals surface area contributed by atoms with E-state index in [0.29, 0.717) is 12.5 Å². The molecule has 3 N–H and O–H groups in total. The highest BCUT2D eigenvalue weighted by molar-refractivity contribution is 14.0. The predicted octanol–water partition coefficient (Wildman–Crippen LogP) is 2.22. The molecule has 0 saturated carbocycles. The molecular formula is C22H37IN8O. The minimum absolute atomic E-state index is 0. The molecule has 0 aliphatic heterocycles. The van der Waals surface area contributed by atoms with Gasteiger partial charge in [0, 0.05) is 38.4 Å². The zero-order valence-electron chi connectivity index (χ0n) is 20.0. The lowest BCUT2D eigenvalue weighted by Crippen LogP contribution is -2.48. The molecule has 0 aliphatic rings.